The van der Waals surface area contributed by atoms with Crippen molar-refractivity contribution in [3.8, 4) is 0 Å². The summed E-state index contributed by atoms with van der Waals surface area (Å²) in [6, 6.07) is 16.1. The lowest BCUT2D eigenvalue weighted by Gasteiger charge is -2.38. The molecule has 0 unspecified atom stereocenters. The van der Waals surface area contributed by atoms with Crippen LogP contribution in [0.5, 0.6) is 0 Å². The minimum atomic E-state index is -3.10. The second-order valence-corrected chi connectivity index (χ2v) is 12.2. The van der Waals surface area contributed by atoms with Gasteiger partial charge in [0.05, 0.1) is 23.6 Å². The molecule has 0 aliphatic carbocycles. The normalized spacial score (nSPS) is 26.9. The summed E-state index contributed by atoms with van der Waals surface area (Å²) >= 11 is 6.63. The van der Waals surface area contributed by atoms with E-state index in [1.54, 1.807) is 0 Å². The van der Waals surface area contributed by atoms with E-state index in [1.165, 1.54) is 10.9 Å². The standard InChI is InChI=1S/C25H28ClN3O3S/c1-16-24-23(18-8-4-6-10-21(18)27-24)19(17-7-3-5-9-20(17)26)13-29(16)14-22(30)28-25(2)11-12-33(31,32)15-25/h3-10,16,19,27H,11-15H2,1-2H3,(H,28,30)/t16-,19-,25+/m1/s1. The number of para-hydroxylation sites is 1. The summed E-state index contributed by atoms with van der Waals surface area (Å²) in [5, 5.41) is 4.89. The van der Waals surface area contributed by atoms with Gasteiger partial charge in [-0.1, -0.05) is 48.0 Å². The lowest BCUT2D eigenvalue weighted by molar-refractivity contribution is -0.124. The van der Waals surface area contributed by atoms with Crippen molar-refractivity contribution in [3.05, 3.63) is 70.4 Å². The van der Waals surface area contributed by atoms with Crippen LogP contribution >= 0.6 is 11.6 Å². The maximum absolute atomic E-state index is 13.0. The fourth-order valence-corrected chi connectivity index (χ4v) is 7.80. The second kappa shape index (κ2) is 8.15. The van der Waals surface area contributed by atoms with E-state index in [9.17, 15) is 13.2 Å². The van der Waals surface area contributed by atoms with Crippen LogP contribution in [0.25, 0.3) is 10.9 Å². The van der Waals surface area contributed by atoms with Gasteiger partial charge in [-0.3, -0.25) is 9.69 Å². The first-order valence-corrected chi connectivity index (χ1v) is 13.5. The van der Waals surface area contributed by atoms with Gasteiger partial charge in [0.2, 0.25) is 5.91 Å². The third-order valence-corrected chi connectivity index (χ3v) is 9.33. The first-order chi connectivity index (χ1) is 15.7. The molecule has 5 rings (SSSR count). The van der Waals surface area contributed by atoms with Crippen LogP contribution in [0, 0.1) is 0 Å². The van der Waals surface area contributed by atoms with Crippen molar-refractivity contribution in [2.45, 2.75) is 37.8 Å². The van der Waals surface area contributed by atoms with Crippen molar-refractivity contribution < 1.29 is 13.2 Å². The van der Waals surface area contributed by atoms with Crippen LogP contribution in [-0.2, 0) is 14.6 Å². The predicted molar refractivity (Wildman–Crippen MR) is 131 cm³/mol. The summed E-state index contributed by atoms with van der Waals surface area (Å²) in [7, 11) is -3.10. The van der Waals surface area contributed by atoms with Crippen molar-refractivity contribution in [1.82, 2.24) is 15.2 Å². The number of hydrogen-bond donors (Lipinski definition) is 2. The summed E-state index contributed by atoms with van der Waals surface area (Å²) in [5.74, 6) is -0.0257. The van der Waals surface area contributed by atoms with Crippen molar-refractivity contribution in [1.29, 1.82) is 0 Å². The number of fused-ring (bicyclic) bond motifs is 3. The third kappa shape index (κ3) is 4.18. The van der Waals surface area contributed by atoms with Gasteiger partial charge in [0, 0.05) is 40.1 Å². The molecular weight excluding hydrogens is 458 g/mol. The number of halogens is 1. The molecule has 1 amide bonds. The first kappa shape index (κ1) is 22.4. The highest BCUT2D eigenvalue weighted by atomic mass is 35.5. The monoisotopic (exact) mass is 485 g/mol. The molecule has 2 aliphatic heterocycles. The molecule has 2 aromatic carbocycles. The van der Waals surface area contributed by atoms with Crippen LogP contribution in [-0.4, -0.2) is 54.3 Å². The van der Waals surface area contributed by atoms with E-state index in [2.05, 4.69) is 40.3 Å². The number of aromatic amines is 1. The quantitative estimate of drug-likeness (QED) is 0.584. The summed E-state index contributed by atoms with van der Waals surface area (Å²) in [6.45, 7) is 4.75. The zero-order chi connectivity index (χ0) is 23.4. The number of carbonyl (C=O) groups is 1. The molecule has 3 aromatic rings. The number of nitrogens with one attached hydrogen (secondary N) is 2. The molecule has 1 aromatic heterocycles. The smallest absolute Gasteiger partial charge is 0.234 e. The molecule has 1 fully saturated rings. The molecule has 2 N–H and O–H groups in total. The minimum Gasteiger partial charge on any atom is -0.357 e. The van der Waals surface area contributed by atoms with Crippen molar-refractivity contribution >= 4 is 38.2 Å². The highest BCUT2D eigenvalue weighted by Crippen LogP contribution is 2.44. The Balaban J connectivity index is 1.48. The Morgan fingerprint density at radius 2 is 1.94 bits per heavy atom. The Morgan fingerprint density at radius 1 is 1.21 bits per heavy atom. The molecule has 1 saturated heterocycles. The summed E-state index contributed by atoms with van der Waals surface area (Å²) in [6.07, 6.45) is 0.449. The molecule has 3 atom stereocenters. The number of nitrogens with zero attached hydrogens (tertiary/aromatic N) is 1. The van der Waals surface area contributed by atoms with Crippen molar-refractivity contribution in [3.63, 3.8) is 0 Å². The number of sulfone groups is 1. The van der Waals surface area contributed by atoms with E-state index in [1.807, 2.05) is 37.3 Å². The van der Waals surface area contributed by atoms with Crippen molar-refractivity contribution in [2.75, 3.05) is 24.6 Å². The molecule has 3 heterocycles. The lowest BCUT2D eigenvalue weighted by Crippen LogP contribution is -2.51. The number of aromatic nitrogens is 1. The number of hydrogen-bond acceptors (Lipinski definition) is 4. The van der Waals surface area contributed by atoms with Crippen LogP contribution in [0.2, 0.25) is 5.02 Å². The zero-order valence-electron chi connectivity index (χ0n) is 18.8. The van der Waals surface area contributed by atoms with E-state index in [0.29, 0.717) is 18.0 Å². The van der Waals surface area contributed by atoms with Gasteiger partial charge < -0.3 is 10.3 Å². The van der Waals surface area contributed by atoms with Crippen LogP contribution in [0.3, 0.4) is 0 Å². The van der Waals surface area contributed by atoms with E-state index in [4.69, 9.17) is 11.6 Å². The van der Waals surface area contributed by atoms with Gasteiger partial charge in [-0.15, -0.1) is 0 Å². The maximum Gasteiger partial charge on any atom is 0.234 e. The Bertz CT molecular complexity index is 1340. The highest BCUT2D eigenvalue weighted by Gasteiger charge is 2.41. The first-order valence-electron chi connectivity index (χ1n) is 11.3. The Labute approximate surface area is 199 Å². The summed E-state index contributed by atoms with van der Waals surface area (Å²) < 4.78 is 23.9. The van der Waals surface area contributed by atoms with Gasteiger partial charge in [-0.05, 0) is 43.5 Å². The molecule has 33 heavy (non-hydrogen) atoms. The Hall–Kier alpha value is -2.35. The number of benzene rings is 2. The van der Waals surface area contributed by atoms with Gasteiger partial charge >= 0.3 is 0 Å². The molecule has 0 radical (unpaired) electrons. The number of carbonyl (C=O) groups excluding carboxylic acids is 1. The number of amides is 1. The van der Waals surface area contributed by atoms with Crippen LogP contribution < -0.4 is 5.32 Å². The van der Waals surface area contributed by atoms with E-state index in [-0.39, 0.29) is 35.9 Å². The molecule has 2 aliphatic rings. The second-order valence-electron chi connectivity index (χ2n) is 9.63. The SMILES string of the molecule is C[C@@H]1c2[nH]c3ccccc3c2[C@@H](c2ccccc2Cl)CN1CC(=O)N[C@@]1(C)CCS(=O)(=O)C1. The molecule has 0 spiro atoms. The molecule has 8 heteroatoms. The molecule has 0 bridgehead atoms. The fourth-order valence-electron chi connectivity index (χ4n) is 5.44. The zero-order valence-corrected chi connectivity index (χ0v) is 20.3. The molecule has 6 nitrogen and oxygen atoms in total. The number of rotatable bonds is 4. The average molecular weight is 486 g/mol. The predicted octanol–water partition coefficient (Wildman–Crippen LogP) is 4.02. The van der Waals surface area contributed by atoms with E-state index in [0.717, 1.165) is 16.8 Å². The maximum atomic E-state index is 13.0. The van der Waals surface area contributed by atoms with Crippen LogP contribution in [0.1, 0.15) is 49.0 Å². The van der Waals surface area contributed by atoms with Gasteiger partial charge in [-0.2, -0.15) is 0 Å². The van der Waals surface area contributed by atoms with Gasteiger partial charge in [0.1, 0.15) is 0 Å². The topological polar surface area (TPSA) is 82.3 Å². The summed E-state index contributed by atoms with van der Waals surface area (Å²) in [4.78, 5) is 18.8. The van der Waals surface area contributed by atoms with Crippen LogP contribution in [0.4, 0.5) is 0 Å². The Kier molecular flexibility index (Phi) is 5.54. The average Bonchev–Trinajstić information content (AvgIpc) is 3.27. The number of H-pyrrole nitrogens is 1. The van der Waals surface area contributed by atoms with Gasteiger partial charge in [0.25, 0.3) is 0 Å². The van der Waals surface area contributed by atoms with Crippen molar-refractivity contribution in [2.24, 2.45) is 0 Å². The highest BCUT2D eigenvalue weighted by molar-refractivity contribution is 7.91. The fraction of sp³-hybridized carbons (Fsp3) is 0.400. The lowest BCUT2D eigenvalue weighted by atomic mass is 9.83. The molecular formula is C25H28ClN3O3S. The van der Waals surface area contributed by atoms with Gasteiger partial charge in [0.15, 0.2) is 9.84 Å². The largest absolute Gasteiger partial charge is 0.357 e. The van der Waals surface area contributed by atoms with Gasteiger partial charge in [-0.25, -0.2) is 8.42 Å². The Morgan fingerprint density at radius 3 is 2.67 bits per heavy atom. The minimum absolute atomic E-state index is 0.00277. The van der Waals surface area contributed by atoms with E-state index >= 15 is 0 Å². The van der Waals surface area contributed by atoms with Crippen LogP contribution in [0.15, 0.2) is 48.5 Å². The van der Waals surface area contributed by atoms with E-state index < -0.39 is 15.4 Å². The summed E-state index contributed by atoms with van der Waals surface area (Å²) in [5.41, 5.74) is 3.73. The molecule has 174 valence electrons. The molecule has 0 saturated carbocycles. The third-order valence-electron chi connectivity index (χ3n) is 7.08.